The molecule has 4 heterocycles. The topological polar surface area (TPSA) is 100 Å². The van der Waals surface area contributed by atoms with Crippen LogP contribution >= 0.6 is 0 Å². The molecule has 180 valence electrons. The zero-order chi connectivity index (χ0) is 24.4. The lowest BCUT2D eigenvalue weighted by molar-refractivity contribution is -0.146. The van der Waals surface area contributed by atoms with Gasteiger partial charge in [-0.1, -0.05) is 0 Å². The SMILES string of the molecule is N#Cc1cnn(CCOc2ccc(N3CCN(c4ccc5nnc(C(F)(F)F)n5n4)CC3)cc2)c1. The first-order valence-electron chi connectivity index (χ1n) is 10.9. The van der Waals surface area contributed by atoms with Crippen LogP contribution in [0.3, 0.4) is 0 Å². The highest BCUT2D eigenvalue weighted by Gasteiger charge is 2.37. The van der Waals surface area contributed by atoms with Crippen molar-refractivity contribution in [2.24, 2.45) is 0 Å². The van der Waals surface area contributed by atoms with Gasteiger partial charge in [0, 0.05) is 38.1 Å². The third-order valence-corrected chi connectivity index (χ3v) is 5.66. The van der Waals surface area contributed by atoms with Gasteiger partial charge >= 0.3 is 6.18 Å². The molecular weight excluding hydrogens is 463 g/mol. The number of nitrogens with zero attached hydrogens (tertiary/aromatic N) is 9. The first-order valence-corrected chi connectivity index (χ1v) is 10.9. The van der Waals surface area contributed by atoms with Crippen LogP contribution in [0.15, 0.2) is 48.8 Å². The number of hydrogen-bond donors (Lipinski definition) is 0. The number of alkyl halides is 3. The smallest absolute Gasteiger partial charge is 0.453 e. The number of nitriles is 1. The van der Waals surface area contributed by atoms with Gasteiger partial charge in [-0.05, 0) is 36.4 Å². The fraction of sp³-hybridized carbons (Fsp3) is 0.318. The lowest BCUT2D eigenvalue weighted by atomic mass is 10.2. The van der Waals surface area contributed by atoms with Gasteiger partial charge in [0.25, 0.3) is 5.82 Å². The summed E-state index contributed by atoms with van der Waals surface area (Å²) in [6, 6.07) is 12.9. The molecule has 0 bridgehead atoms. The standard InChI is InChI=1S/C22H20F3N9O/c23-22(24,25)21-29-28-19-5-6-20(30-34(19)21)32-9-7-31(8-10-32)17-1-3-18(4-2-17)35-12-11-33-15-16(13-26)14-27-33/h1-6,14-15H,7-12H2. The van der Waals surface area contributed by atoms with Crippen LogP contribution in [-0.2, 0) is 12.7 Å². The Bertz CT molecular complexity index is 1350. The second-order valence-electron chi connectivity index (χ2n) is 7.90. The number of ether oxygens (including phenoxy) is 1. The zero-order valence-corrected chi connectivity index (χ0v) is 18.4. The van der Waals surface area contributed by atoms with E-state index in [9.17, 15) is 13.2 Å². The number of anilines is 2. The molecule has 0 radical (unpaired) electrons. The third kappa shape index (κ3) is 4.81. The Hall–Kier alpha value is -4.34. The van der Waals surface area contributed by atoms with Gasteiger partial charge in [0.05, 0.1) is 18.3 Å². The predicted octanol–water partition coefficient (Wildman–Crippen LogP) is 2.62. The predicted molar refractivity (Wildman–Crippen MR) is 119 cm³/mol. The molecule has 35 heavy (non-hydrogen) atoms. The molecule has 0 unspecified atom stereocenters. The molecule has 0 N–H and O–H groups in total. The Labute approximate surface area is 197 Å². The minimum atomic E-state index is -4.63. The first-order chi connectivity index (χ1) is 16.9. The van der Waals surface area contributed by atoms with E-state index in [1.165, 1.54) is 12.3 Å². The Morgan fingerprint density at radius 2 is 1.71 bits per heavy atom. The normalized spacial score (nSPS) is 14.3. The summed E-state index contributed by atoms with van der Waals surface area (Å²) in [4.78, 5) is 4.15. The van der Waals surface area contributed by atoms with Crippen molar-refractivity contribution in [2.45, 2.75) is 12.7 Å². The maximum absolute atomic E-state index is 13.1. The van der Waals surface area contributed by atoms with E-state index in [0.29, 0.717) is 50.7 Å². The average molecular weight is 483 g/mol. The van der Waals surface area contributed by atoms with Gasteiger partial charge < -0.3 is 14.5 Å². The van der Waals surface area contributed by atoms with Gasteiger partial charge in [0.15, 0.2) is 5.65 Å². The molecule has 1 aliphatic rings. The molecule has 4 aromatic rings. The van der Waals surface area contributed by atoms with Crippen LogP contribution in [0.2, 0.25) is 0 Å². The number of aromatic nitrogens is 6. The van der Waals surface area contributed by atoms with Crippen LogP contribution in [0.5, 0.6) is 5.75 Å². The molecule has 5 rings (SSSR count). The maximum Gasteiger partial charge on any atom is 0.453 e. The number of piperazine rings is 1. The summed E-state index contributed by atoms with van der Waals surface area (Å²) < 4.78 is 47.6. The Kier molecular flexibility index (Phi) is 5.86. The molecule has 0 atom stereocenters. The molecule has 1 fully saturated rings. The van der Waals surface area contributed by atoms with Crippen LogP contribution < -0.4 is 14.5 Å². The lowest BCUT2D eigenvalue weighted by Crippen LogP contribution is -2.47. The van der Waals surface area contributed by atoms with Crippen LogP contribution in [0.1, 0.15) is 11.4 Å². The van der Waals surface area contributed by atoms with E-state index >= 15 is 0 Å². The summed E-state index contributed by atoms with van der Waals surface area (Å²) in [6.07, 6.45) is -1.45. The fourth-order valence-corrected chi connectivity index (χ4v) is 3.87. The molecule has 0 aliphatic carbocycles. The van der Waals surface area contributed by atoms with Crippen molar-refractivity contribution in [1.82, 2.24) is 29.6 Å². The highest BCUT2D eigenvalue weighted by molar-refractivity contribution is 5.52. The van der Waals surface area contributed by atoms with Crippen LogP contribution in [-0.4, -0.2) is 62.4 Å². The fourth-order valence-electron chi connectivity index (χ4n) is 3.87. The Morgan fingerprint density at radius 1 is 0.971 bits per heavy atom. The van der Waals surface area contributed by atoms with Crippen molar-refractivity contribution in [3.05, 3.63) is 60.2 Å². The number of benzene rings is 1. The number of halogens is 3. The monoisotopic (exact) mass is 483 g/mol. The summed E-state index contributed by atoms with van der Waals surface area (Å²) >= 11 is 0. The molecule has 0 saturated carbocycles. The van der Waals surface area contributed by atoms with Crippen molar-refractivity contribution < 1.29 is 17.9 Å². The van der Waals surface area contributed by atoms with Gasteiger partial charge in [-0.25, -0.2) is 0 Å². The molecule has 10 nitrogen and oxygen atoms in total. The molecule has 1 saturated heterocycles. The van der Waals surface area contributed by atoms with Crippen molar-refractivity contribution in [3.8, 4) is 11.8 Å². The summed E-state index contributed by atoms with van der Waals surface area (Å²) in [5, 5.41) is 23.8. The maximum atomic E-state index is 13.1. The van der Waals surface area contributed by atoms with Gasteiger partial charge in [-0.2, -0.15) is 28.0 Å². The zero-order valence-electron chi connectivity index (χ0n) is 18.4. The molecule has 13 heteroatoms. The molecule has 0 spiro atoms. The highest BCUT2D eigenvalue weighted by atomic mass is 19.4. The van der Waals surface area contributed by atoms with E-state index in [1.807, 2.05) is 35.2 Å². The van der Waals surface area contributed by atoms with E-state index in [1.54, 1.807) is 16.9 Å². The average Bonchev–Trinajstić information content (AvgIpc) is 3.51. The second-order valence-corrected chi connectivity index (χ2v) is 7.90. The van der Waals surface area contributed by atoms with E-state index in [4.69, 9.17) is 10.00 Å². The van der Waals surface area contributed by atoms with Crippen molar-refractivity contribution >= 4 is 17.2 Å². The molecule has 3 aromatic heterocycles. The number of rotatable bonds is 6. The summed E-state index contributed by atoms with van der Waals surface area (Å²) in [5.41, 5.74) is 1.60. The number of fused-ring (bicyclic) bond motifs is 1. The van der Waals surface area contributed by atoms with Crippen molar-refractivity contribution in [1.29, 1.82) is 5.26 Å². The Balaban J connectivity index is 1.16. The molecule has 1 aliphatic heterocycles. The van der Waals surface area contributed by atoms with E-state index < -0.39 is 12.0 Å². The van der Waals surface area contributed by atoms with Crippen molar-refractivity contribution in [3.63, 3.8) is 0 Å². The summed E-state index contributed by atoms with van der Waals surface area (Å²) in [5.74, 6) is 0.0454. The van der Waals surface area contributed by atoms with Gasteiger partial charge in [0.1, 0.15) is 24.2 Å². The molecular formula is C22H20F3N9O. The van der Waals surface area contributed by atoms with E-state index in [2.05, 4.69) is 25.3 Å². The summed E-state index contributed by atoms with van der Waals surface area (Å²) in [6.45, 7) is 3.54. The van der Waals surface area contributed by atoms with Gasteiger partial charge in [-0.15, -0.1) is 15.3 Å². The minimum Gasteiger partial charge on any atom is -0.492 e. The molecule has 0 amide bonds. The van der Waals surface area contributed by atoms with Gasteiger partial charge in [0.2, 0.25) is 0 Å². The van der Waals surface area contributed by atoms with E-state index in [0.717, 1.165) is 16.0 Å². The minimum absolute atomic E-state index is 0.0542. The third-order valence-electron chi connectivity index (χ3n) is 5.66. The molecule has 1 aromatic carbocycles. The quantitative estimate of drug-likeness (QED) is 0.413. The summed E-state index contributed by atoms with van der Waals surface area (Å²) in [7, 11) is 0. The van der Waals surface area contributed by atoms with Crippen LogP contribution in [0.4, 0.5) is 24.7 Å². The highest BCUT2D eigenvalue weighted by Crippen LogP contribution is 2.28. The lowest BCUT2D eigenvalue weighted by Gasteiger charge is -2.36. The van der Waals surface area contributed by atoms with Crippen LogP contribution in [0, 0.1) is 11.3 Å². The number of hydrogen-bond acceptors (Lipinski definition) is 8. The van der Waals surface area contributed by atoms with Gasteiger partial charge in [-0.3, -0.25) is 4.68 Å². The second kappa shape index (κ2) is 9.13. The largest absolute Gasteiger partial charge is 0.492 e. The van der Waals surface area contributed by atoms with E-state index in [-0.39, 0.29) is 5.65 Å². The first kappa shape index (κ1) is 22.5. The van der Waals surface area contributed by atoms with Crippen LogP contribution in [0.25, 0.3) is 5.65 Å². The van der Waals surface area contributed by atoms with Crippen molar-refractivity contribution in [2.75, 3.05) is 42.6 Å². The Morgan fingerprint density at radius 3 is 2.40 bits per heavy atom.